The first-order valence-corrected chi connectivity index (χ1v) is 14.4. The van der Waals surface area contributed by atoms with Crippen LogP contribution in [0.15, 0.2) is 75.4 Å². The van der Waals surface area contributed by atoms with E-state index in [9.17, 15) is 26.4 Å². The number of rotatable bonds is 9. The lowest BCUT2D eigenvalue weighted by Gasteiger charge is -2.16. The van der Waals surface area contributed by atoms with Gasteiger partial charge in [0.1, 0.15) is 4.90 Å². The number of methoxy groups -OCH3 is 1. The number of esters is 1. The average molecular weight is 585 g/mol. The number of benzene rings is 3. The van der Waals surface area contributed by atoms with Crippen molar-refractivity contribution in [2.45, 2.75) is 28.0 Å². The summed E-state index contributed by atoms with van der Waals surface area (Å²) >= 11 is 11.9. The molecule has 2 N–H and O–H groups in total. The Morgan fingerprint density at radius 1 is 0.892 bits per heavy atom. The van der Waals surface area contributed by atoms with E-state index in [1.807, 2.05) is 0 Å². The Morgan fingerprint density at radius 2 is 1.54 bits per heavy atom. The van der Waals surface area contributed by atoms with Gasteiger partial charge in [0.05, 0.1) is 34.0 Å². The van der Waals surface area contributed by atoms with Crippen molar-refractivity contribution in [1.82, 2.24) is 5.32 Å². The minimum absolute atomic E-state index is 0.0362. The maximum absolute atomic E-state index is 13.5. The molecule has 196 valence electrons. The molecule has 0 spiro atoms. The third-order valence-electron chi connectivity index (χ3n) is 5.11. The predicted octanol–water partition coefficient (Wildman–Crippen LogP) is 4.09. The lowest BCUT2D eigenvalue weighted by molar-refractivity contribution is -0.139. The number of sulfonamides is 1. The zero-order chi connectivity index (χ0) is 27.4. The van der Waals surface area contributed by atoms with Crippen LogP contribution in [-0.2, 0) is 35.8 Å². The molecule has 3 rings (SSSR count). The van der Waals surface area contributed by atoms with Gasteiger partial charge in [0, 0.05) is 17.1 Å². The third kappa shape index (κ3) is 6.61. The Kier molecular flexibility index (Phi) is 8.85. The minimum atomic E-state index is -4.39. The van der Waals surface area contributed by atoms with E-state index in [0.717, 1.165) is 12.1 Å². The summed E-state index contributed by atoms with van der Waals surface area (Å²) in [6.45, 7) is 2.00. The molecule has 0 unspecified atom stereocenters. The molecule has 0 saturated carbocycles. The molecule has 0 aromatic heterocycles. The van der Waals surface area contributed by atoms with Gasteiger partial charge in [-0.15, -0.1) is 0 Å². The van der Waals surface area contributed by atoms with E-state index in [1.165, 1.54) is 55.6 Å². The standard InChI is InChI=1S/C24H22Cl2N2O7S2/c1-3-27-24(30)16-6-10-22(36(31,32)18-8-4-15(5-9-18)12-23(29)35-2)20(13-16)28-37(33,34)21-11-7-17(25)14-19(21)26/h4-11,13-14,28H,3,12H2,1-2H3,(H,27,30). The first-order valence-electron chi connectivity index (χ1n) is 10.7. The summed E-state index contributed by atoms with van der Waals surface area (Å²) in [7, 11) is -7.43. The van der Waals surface area contributed by atoms with Crippen LogP contribution < -0.4 is 10.0 Å². The average Bonchev–Trinajstić information content (AvgIpc) is 2.83. The lowest BCUT2D eigenvalue weighted by atomic mass is 10.1. The smallest absolute Gasteiger partial charge is 0.309 e. The monoisotopic (exact) mass is 584 g/mol. The first-order chi connectivity index (χ1) is 17.4. The lowest BCUT2D eigenvalue weighted by Crippen LogP contribution is -2.23. The van der Waals surface area contributed by atoms with Gasteiger partial charge in [0.25, 0.3) is 15.9 Å². The number of carbonyl (C=O) groups is 2. The van der Waals surface area contributed by atoms with E-state index in [2.05, 4.69) is 14.8 Å². The topological polar surface area (TPSA) is 136 Å². The number of halogens is 2. The highest BCUT2D eigenvalue weighted by molar-refractivity contribution is 7.93. The second-order valence-electron chi connectivity index (χ2n) is 7.65. The highest BCUT2D eigenvalue weighted by Gasteiger charge is 2.27. The summed E-state index contributed by atoms with van der Waals surface area (Å²) < 4.78 is 60.2. The Hall–Kier alpha value is -3.12. The molecule has 0 heterocycles. The highest BCUT2D eigenvalue weighted by Crippen LogP contribution is 2.32. The number of hydrogen-bond donors (Lipinski definition) is 2. The number of nitrogens with one attached hydrogen (secondary N) is 2. The van der Waals surface area contributed by atoms with Gasteiger partial charge in [-0.05, 0) is 61.0 Å². The van der Waals surface area contributed by atoms with Crippen molar-refractivity contribution in [2.24, 2.45) is 0 Å². The number of amides is 1. The van der Waals surface area contributed by atoms with Crippen LogP contribution in [0.25, 0.3) is 0 Å². The molecule has 0 atom stereocenters. The maximum Gasteiger partial charge on any atom is 0.309 e. The van der Waals surface area contributed by atoms with Crippen LogP contribution in [-0.4, -0.2) is 42.4 Å². The summed E-state index contributed by atoms with van der Waals surface area (Å²) in [6, 6.07) is 12.8. The van der Waals surface area contributed by atoms with Gasteiger partial charge in [0.15, 0.2) is 0 Å². The van der Waals surface area contributed by atoms with Gasteiger partial charge >= 0.3 is 5.97 Å². The summed E-state index contributed by atoms with van der Waals surface area (Å²) in [4.78, 5) is 23.0. The second kappa shape index (κ2) is 11.5. The van der Waals surface area contributed by atoms with E-state index >= 15 is 0 Å². The van der Waals surface area contributed by atoms with Gasteiger partial charge in [-0.1, -0.05) is 35.3 Å². The fourth-order valence-corrected chi connectivity index (χ4v) is 6.60. The van der Waals surface area contributed by atoms with Crippen LogP contribution in [0, 0.1) is 0 Å². The number of hydrogen-bond acceptors (Lipinski definition) is 7. The van der Waals surface area contributed by atoms with Crippen LogP contribution in [0.2, 0.25) is 10.0 Å². The third-order valence-corrected chi connectivity index (χ3v) is 9.02. The molecule has 0 aliphatic heterocycles. The van der Waals surface area contributed by atoms with Crippen molar-refractivity contribution in [2.75, 3.05) is 18.4 Å². The van der Waals surface area contributed by atoms with Gasteiger partial charge < -0.3 is 10.1 Å². The van der Waals surface area contributed by atoms with Gasteiger partial charge in [-0.2, -0.15) is 0 Å². The van der Waals surface area contributed by atoms with Crippen LogP contribution in [0.4, 0.5) is 5.69 Å². The fourth-order valence-electron chi connectivity index (χ4n) is 3.29. The van der Waals surface area contributed by atoms with Crippen molar-refractivity contribution in [3.8, 4) is 0 Å². The fraction of sp³-hybridized carbons (Fsp3) is 0.167. The molecule has 0 aliphatic carbocycles. The van der Waals surface area contributed by atoms with Gasteiger partial charge in [0.2, 0.25) is 9.84 Å². The molecule has 37 heavy (non-hydrogen) atoms. The molecule has 0 aliphatic rings. The maximum atomic E-state index is 13.5. The number of anilines is 1. The predicted molar refractivity (Wildman–Crippen MR) is 139 cm³/mol. The zero-order valence-electron chi connectivity index (χ0n) is 19.6. The molecule has 0 radical (unpaired) electrons. The quantitative estimate of drug-likeness (QED) is 0.361. The number of ether oxygens (including phenoxy) is 1. The number of carbonyl (C=O) groups excluding carboxylic acids is 2. The van der Waals surface area contributed by atoms with Crippen molar-refractivity contribution >= 4 is 60.6 Å². The van der Waals surface area contributed by atoms with E-state index in [4.69, 9.17) is 23.2 Å². The molecule has 9 nitrogen and oxygen atoms in total. The molecular formula is C24H22Cl2N2O7S2. The molecule has 0 bridgehead atoms. The van der Waals surface area contributed by atoms with Crippen molar-refractivity contribution in [1.29, 1.82) is 0 Å². The largest absolute Gasteiger partial charge is 0.469 e. The molecule has 3 aromatic carbocycles. The van der Waals surface area contributed by atoms with Crippen LogP contribution in [0.1, 0.15) is 22.8 Å². The molecular weight excluding hydrogens is 563 g/mol. The Morgan fingerprint density at radius 3 is 2.14 bits per heavy atom. The zero-order valence-corrected chi connectivity index (χ0v) is 22.8. The Bertz CT molecular complexity index is 1560. The molecule has 3 aromatic rings. The van der Waals surface area contributed by atoms with E-state index in [0.29, 0.717) is 12.1 Å². The Balaban J connectivity index is 2.10. The normalized spacial score (nSPS) is 11.6. The summed E-state index contributed by atoms with van der Waals surface area (Å²) in [5.74, 6) is -1.02. The minimum Gasteiger partial charge on any atom is -0.469 e. The molecule has 1 amide bonds. The Labute approximate surface area is 224 Å². The molecule has 13 heteroatoms. The van der Waals surface area contributed by atoms with E-state index in [-0.39, 0.29) is 37.5 Å². The summed E-state index contributed by atoms with van der Waals surface area (Å²) in [6.07, 6.45) is -0.0506. The highest BCUT2D eigenvalue weighted by atomic mass is 35.5. The van der Waals surface area contributed by atoms with Gasteiger partial charge in [-0.3, -0.25) is 14.3 Å². The second-order valence-corrected chi connectivity index (χ2v) is 12.1. The SMILES string of the molecule is CCNC(=O)c1ccc(S(=O)(=O)c2ccc(CC(=O)OC)cc2)c(NS(=O)(=O)c2ccc(Cl)cc2Cl)c1. The number of sulfone groups is 1. The first kappa shape index (κ1) is 28.5. The van der Waals surface area contributed by atoms with Crippen LogP contribution in [0.3, 0.4) is 0 Å². The van der Waals surface area contributed by atoms with Crippen molar-refractivity contribution < 1.29 is 31.2 Å². The van der Waals surface area contributed by atoms with E-state index in [1.54, 1.807) is 6.92 Å². The van der Waals surface area contributed by atoms with E-state index < -0.39 is 36.6 Å². The van der Waals surface area contributed by atoms with Crippen molar-refractivity contribution in [3.63, 3.8) is 0 Å². The van der Waals surface area contributed by atoms with Gasteiger partial charge in [-0.25, -0.2) is 16.8 Å². The molecule has 0 fully saturated rings. The summed E-state index contributed by atoms with van der Waals surface area (Å²) in [5, 5.41) is 2.61. The van der Waals surface area contributed by atoms with Crippen LogP contribution in [0.5, 0.6) is 0 Å². The summed E-state index contributed by atoms with van der Waals surface area (Å²) in [5.41, 5.74) is 0.207. The van der Waals surface area contributed by atoms with Crippen LogP contribution >= 0.6 is 23.2 Å². The van der Waals surface area contributed by atoms with Crippen molar-refractivity contribution in [3.05, 3.63) is 81.8 Å². The molecule has 0 saturated heterocycles.